The van der Waals surface area contributed by atoms with E-state index in [1.165, 1.54) is 0 Å². The number of pyridine rings is 1. The average molecular weight is 213 g/mol. The molecule has 0 aliphatic carbocycles. The zero-order valence-corrected chi connectivity index (χ0v) is 8.51. The van der Waals surface area contributed by atoms with Gasteiger partial charge in [0.25, 0.3) is 0 Å². The lowest BCUT2D eigenvalue weighted by Crippen LogP contribution is -2.26. The molecule has 2 aromatic rings. The van der Waals surface area contributed by atoms with Crippen molar-refractivity contribution in [2.75, 3.05) is 0 Å². The van der Waals surface area contributed by atoms with Gasteiger partial charge in [-0.05, 0) is 6.07 Å². The molecule has 0 radical (unpaired) electrons. The van der Waals surface area contributed by atoms with Gasteiger partial charge in [0.2, 0.25) is 0 Å². The minimum Gasteiger partial charge on any atom is -0.207 e. The fourth-order valence-electron chi connectivity index (χ4n) is 1.08. The van der Waals surface area contributed by atoms with E-state index in [-0.39, 0.29) is 0 Å². The summed E-state index contributed by atoms with van der Waals surface area (Å²) in [6, 6.07) is 3.91. The van der Waals surface area contributed by atoms with Crippen molar-refractivity contribution in [1.82, 2.24) is 8.75 Å². The highest BCUT2D eigenvalue weighted by molar-refractivity contribution is 6.99. The van der Waals surface area contributed by atoms with Crippen LogP contribution in [0.25, 0.3) is 11.3 Å². The first-order chi connectivity index (χ1) is 6.27. The van der Waals surface area contributed by atoms with Crippen molar-refractivity contribution in [1.29, 1.82) is 0 Å². The third-order valence-electron chi connectivity index (χ3n) is 1.66. The molecule has 0 aliphatic rings. The summed E-state index contributed by atoms with van der Waals surface area (Å²) in [5.74, 6) is 0. The van der Waals surface area contributed by atoms with Crippen LogP contribution in [-0.2, 0) is 7.05 Å². The van der Waals surface area contributed by atoms with Gasteiger partial charge in [0, 0.05) is 6.07 Å². The predicted octanol–water partition coefficient (Wildman–Crippen LogP) is 1.68. The molecule has 0 N–H and O–H groups in total. The Bertz CT molecular complexity index is 427. The number of aryl methyl sites for hydroxylation is 1. The van der Waals surface area contributed by atoms with Crippen LogP contribution < -0.4 is 4.57 Å². The molecule has 0 saturated carbocycles. The molecular formula is C8H7ClN3S+. The van der Waals surface area contributed by atoms with Crippen LogP contribution in [0.15, 0.2) is 24.5 Å². The van der Waals surface area contributed by atoms with Crippen LogP contribution in [0.2, 0.25) is 5.15 Å². The summed E-state index contributed by atoms with van der Waals surface area (Å²) in [5.41, 5.74) is 1.74. The van der Waals surface area contributed by atoms with Crippen LogP contribution in [0.1, 0.15) is 0 Å². The Kier molecular flexibility index (Phi) is 2.24. The molecule has 0 unspecified atom stereocenters. The average Bonchev–Trinajstić information content (AvgIpc) is 2.51. The van der Waals surface area contributed by atoms with Gasteiger partial charge in [-0.15, -0.1) is 0 Å². The van der Waals surface area contributed by atoms with Gasteiger partial charge in [-0.3, -0.25) is 0 Å². The van der Waals surface area contributed by atoms with E-state index < -0.39 is 0 Å². The van der Waals surface area contributed by atoms with Crippen molar-refractivity contribution in [2.24, 2.45) is 7.05 Å². The van der Waals surface area contributed by atoms with Gasteiger partial charge in [0.15, 0.2) is 17.5 Å². The number of hydrogen-bond acceptors (Lipinski definition) is 3. The summed E-state index contributed by atoms with van der Waals surface area (Å²) < 4.78 is 9.97. The molecule has 0 amide bonds. The zero-order chi connectivity index (χ0) is 9.26. The van der Waals surface area contributed by atoms with Crippen molar-refractivity contribution in [3.63, 3.8) is 0 Å². The van der Waals surface area contributed by atoms with E-state index in [4.69, 9.17) is 11.6 Å². The van der Waals surface area contributed by atoms with Crippen molar-refractivity contribution in [2.45, 2.75) is 0 Å². The Morgan fingerprint density at radius 3 is 2.92 bits per heavy atom. The Balaban J connectivity index is 2.53. The quantitative estimate of drug-likeness (QED) is 0.674. The summed E-state index contributed by atoms with van der Waals surface area (Å²) in [6.45, 7) is 0. The van der Waals surface area contributed by atoms with Crippen molar-refractivity contribution >= 4 is 23.3 Å². The number of nitrogens with zero attached hydrogens (tertiary/aromatic N) is 3. The van der Waals surface area contributed by atoms with E-state index in [0.717, 1.165) is 23.0 Å². The lowest BCUT2D eigenvalue weighted by atomic mass is 10.2. The number of hydrogen-bond donors (Lipinski definition) is 0. The molecule has 0 spiro atoms. The minimum absolute atomic E-state index is 0.469. The third-order valence-corrected chi connectivity index (χ3v) is 2.55. The van der Waals surface area contributed by atoms with Crippen molar-refractivity contribution in [3.8, 4) is 11.3 Å². The summed E-state index contributed by atoms with van der Waals surface area (Å²) in [7, 11) is 1.96. The van der Waals surface area contributed by atoms with Gasteiger partial charge >= 0.3 is 0 Å². The van der Waals surface area contributed by atoms with E-state index in [0.29, 0.717) is 5.15 Å². The van der Waals surface area contributed by atoms with Gasteiger partial charge < -0.3 is 0 Å². The van der Waals surface area contributed by atoms with Crippen LogP contribution in [0.4, 0.5) is 0 Å². The Hall–Kier alpha value is -1.00. The molecule has 66 valence electrons. The standard InChI is InChI=1S/C8H7ClN3S/c1-12-4-2-3-6(5-12)7-8(9)11-13-10-7/h2-5H,1H3/q+1. The molecule has 0 saturated heterocycles. The first-order valence-electron chi connectivity index (χ1n) is 3.71. The molecule has 0 aromatic carbocycles. The molecule has 0 aliphatic heterocycles. The second-order valence-electron chi connectivity index (χ2n) is 2.66. The Morgan fingerprint density at radius 2 is 2.31 bits per heavy atom. The normalized spacial score (nSPS) is 10.3. The minimum atomic E-state index is 0.469. The van der Waals surface area contributed by atoms with Gasteiger partial charge in [-0.2, -0.15) is 8.75 Å². The first kappa shape index (κ1) is 8.59. The largest absolute Gasteiger partial charge is 0.207 e. The molecule has 3 nitrogen and oxygen atoms in total. The van der Waals surface area contributed by atoms with Crippen LogP contribution in [0, 0.1) is 0 Å². The molecule has 13 heavy (non-hydrogen) atoms. The molecule has 2 heterocycles. The number of rotatable bonds is 1. The van der Waals surface area contributed by atoms with Gasteiger partial charge in [0.1, 0.15) is 12.7 Å². The summed E-state index contributed by atoms with van der Waals surface area (Å²) in [4.78, 5) is 0. The van der Waals surface area contributed by atoms with Crippen LogP contribution in [0.5, 0.6) is 0 Å². The maximum Gasteiger partial charge on any atom is 0.178 e. The second-order valence-corrected chi connectivity index (χ2v) is 3.55. The van der Waals surface area contributed by atoms with Gasteiger partial charge in [-0.1, -0.05) is 11.6 Å². The van der Waals surface area contributed by atoms with Crippen molar-refractivity contribution in [3.05, 3.63) is 29.7 Å². The third kappa shape index (κ3) is 1.68. The van der Waals surface area contributed by atoms with Crippen LogP contribution in [-0.4, -0.2) is 8.75 Å². The zero-order valence-electron chi connectivity index (χ0n) is 6.94. The van der Waals surface area contributed by atoms with Crippen LogP contribution >= 0.6 is 23.3 Å². The summed E-state index contributed by atoms with van der Waals surface area (Å²) in [5, 5.41) is 0.469. The maximum atomic E-state index is 5.85. The van der Waals surface area contributed by atoms with Crippen LogP contribution in [0.3, 0.4) is 0 Å². The second kappa shape index (κ2) is 3.40. The maximum absolute atomic E-state index is 5.85. The number of halogens is 1. The highest BCUT2D eigenvalue weighted by atomic mass is 35.5. The SMILES string of the molecule is C[n+]1cccc(-c2nsnc2Cl)c1. The monoisotopic (exact) mass is 212 g/mol. The smallest absolute Gasteiger partial charge is 0.178 e. The Morgan fingerprint density at radius 1 is 1.46 bits per heavy atom. The predicted molar refractivity (Wildman–Crippen MR) is 51.5 cm³/mol. The van der Waals surface area contributed by atoms with E-state index in [1.54, 1.807) is 0 Å². The lowest BCUT2D eigenvalue weighted by molar-refractivity contribution is -0.671. The summed E-state index contributed by atoms with van der Waals surface area (Å²) >= 11 is 6.98. The van der Waals surface area contributed by atoms with E-state index >= 15 is 0 Å². The lowest BCUT2D eigenvalue weighted by Gasteiger charge is -1.93. The first-order valence-corrected chi connectivity index (χ1v) is 4.82. The molecule has 0 bridgehead atoms. The fourth-order valence-corrected chi connectivity index (χ4v) is 1.84. The molecule has 0 fully saturated rings. The highest BCUT2D eigenvalue weighted by Crippen LogP contribution is 2.23. The van der Waals surface area contributed by atoms with E-state index in [1.807, 2.05) is 36.1 Å². The van der Waals surface area contributed by atoms with Gasteiger partial charge in [0.05, 0.1) is 17.3 Å². The molecule has 0 atom stereocenters. The highest BCUT2D eigenvalue weighted by Gasteiger charge is 2.10. The fraction of sp³-hybridized carbons (Fsp3) is 0.125. The molecule has 2 aromatic heterocycles. The molecule has 2 rings (SSSR count). The molecular weight excluding hydrogens is 206 g/mol. The molecule has 5 heteroatoms. The number of aromatic nitrogens is 3. The van der Waals surface area contributed by atoms with E-state index in [2.05, 4.69) is 8.75 Å². The Labute approximate surface area is 84.9 Å². The van der Waals surface area contributed by atoms with Crippen molar-refractivity contribution < 1.29 is 4.57 Å². The topological polar surface area (TPSA) is 29.7 Å². The van der Waals surface area contributed by atoms with Gasteiger partial charge in [-0.25, -0.2) is 4.57 Å². The van der Waals surface area contributed by atoms with E-state index in [9.17, 15) is 0 Å². The summed E-state index contributed by atoms with van der Waals surface area (Å²) in [6.07, 6.45) is 3.92.